The Balaban J connectivity index is 1.63. The molecule has 0 unspecified atom stereocenters. The summed E-state index contributed by atoms with van der Waals surface area (Å²) in [7, 11) is 0. The normalized spacial score (nSPS) is 22.8. The highest BCUT2D eigenvalue weighted by atomic mass is 16.4. The summed E-state index contributed by atoms with van der Waals surface area (Å²) < 4.78 is 0. The van der Waals surface area contributed by atoms with Gasteiger partial charge >= 0.3 is 5.97 Å². The number of aryl methyl sites for hydroxylation is 1. The monoisotopic (exact) mass is 374 g/mol. The van der Waals surface area contributed by atoms with Gasteiger partial charge in [0.05, 0.1) is 11.8 Å². The van der Waals surface area contributed by atoms with Crippen molar-refractivity contribution in [3.63, 3.8) is 0 Å². The van der Waals surface area contributed by atoms with Gasteiger partial charge in [0.15, 0.2) is 0 Å². The highest BCUT2D eigenvalue weighted by molar-refractivity contribution is 5.89. The van der Waals surface area contributed by atoms with Gasteiger partial charge in [-0.15, -0.1) is 0 Å². The Bertz CT molecular complexity index is 713. The van der Waals surface area contributed by atoms with Crippen LogP contribution < -0.4 is 4.90 Å². The number of aromatic nitrogens is 2. The molecule has 1 saturated heterocycles. The molecule has 1 aliphatic carbocycles. The van der Waals surface area contributed by atoms with Gasteiger partial charge in [-0.2, -0.15) is 0 Å². The maximum atomic E-state index is 12.7. The van der Waals surface area contributed by atoms with E-state index in [-0.39, 0.29) is 23.8 Å². The van der Waals surface area contributed by atoms with E-state index in [0.29, 0.717) is 13.0 Å². The van der Waals surface area contributed by atoms with E-state index in [1.807, 2.05) is 24.8 Å². The second-order valence-electron chi connectivity index (χ2n) is 8.01. The van der Waals surface area contributed by atoms with Crippen molar-refractivity contribution in [1.82, 2.24) is 14.9 Å². The Hall–Kier alpha value is -2.18. The Morgan fingerprint density at radius 2 is 1.93 bits per heavy atom. The van der Waals surface area contributed by atoms with Crippen molar-refractivity contribution in [2.24, 2.45) is 11.8 Å². The Morgan fingerprint density at radius 1 is 1.26 bits per heavy atom. The van der Waals surface area contributed by atoms with Crippen molar-refractivity contribution < 1.29 is 14.7 Å². The van der Waals surface area contributed by atoms with E-state index < -0.39 is 11.9 Å². The molecule has 0 aromatic carbocycles. The lowest BCUT2D eigenvalue weighted by atomic mass is 10.0. The van der Waals surface area contributed by atoms with Crippen LogP contribution in [0.5, 0.6) is 0 Å². The average molecular weight is 374 g/mol. The van der Waals surface area contributed by atoms with Crippen molar-refractivity contribution >= 4 is 17.7 Å². The van der Waals surface area contributed by atoms with Crippen LogP contribution in [0, 0.1) is 18.8 Å². The third-order valence-corrected chi connectivity index (χ3v) is 5.65. The van der Waals surface area contributed by atoms with Gasteiger partial charge in [-0.3, -0.25) is 9.59 Å². The van der Waals surface area contributed by atoms with E-state index in [1.165, 1.54) is 0 Å². The van der Waals surface area contributed by atoms with Gasteiger partial charge in [0.25, 0.3) is 0 Å². The van der Waals surface area contributed by atoms with Gasteiger partial charge in [0.2, 0.25) is 5.91 Å². The molecule has 1 aromatic rings. The molecule has 2 heterocycles. The molecule has 7 nitrogen and oxygen atoms in total. The summed E-state index contributed by atoms with van der Waals surface area (Å²) in [6.07, 6.45) is 2.25. The fourth-order valence-corrected chi connectivity index (χ4v) is 3.95. The molecular weight excluding hydrogens is 344 g/mol. The molecule has 1 aliphatic heterocycles. The van der Waals surface area contributed by atoms with E-state index in [0.717, 1.165) is 43.3 Å². The van der Waals surface area contributed by atoms with Crippen LogP contribution in [-0.4, -0.2) is 57.5 Å². The zero-order valence-corrected chi connectivity index (χ0v) is 16.7. The van der Waals surface area contributed by atoms with Gasteiger partial charge in [0, 0.05) is 43.4 Å². The maximum Gasteiger partial charge on any atom is 0.307 e. The summed E-state index contributed by atoms with van der Waals surface area (Å²) in [4.78, 5) is 37.2. The standard InChI is InChI=1S/C20H30N4O3/c1-5-24(19(25)15-11-16(15)20(26)27)14-6-8-23(9-7-14)17-10-13(4)21-18(22-17)12(2)3/h10,12,14-16H,5-9,11H2,1-4H3,(H,26,27)/t15-,16-/m1/s1. The quantitative estimate of drug-likeness (QED) is 0.823. The number of carbonyl (C=O) groups excluding carboxylic acids is 1. The number of aliphatic carboxylic acids is 1. The number of rotatable bonds is 6. The molecule has 1 aromatic heterocycles. The van der Waals surface area contributed by atoms with E-state index in [4.69, 9.17) is 10.1 Å². The second-order valence-corrected chi connectivity index (χ2v) is 8.01. The van der Waals surface area contributed by atoms with Crippen LogP contribution in [0.4, 0.5) is 5.82 Å². The van der Waals surface area contributed by atoms with E-state index in [9.17, 15) is 9.59 Å². The largest absolute Gasteiger partial charge is 0.481 e. The molecule has 3 rings (SSSR count). The zero-order valence-electron chi connectivity index (χ0n) is 16.7. The fourth-order valence-electron chi connectivity index (χ4n) is 3.95. The number of anilines is 1. The smallest absolute Gasteiger partial charge is 0.307 e. The van der Waals surface area contributed by atoms with Gasteiger partial charge < -0.3 is 14.9 Å². The van der Waals surface area contributed by atoms with Crippen LogP contribution >= 0.6 is 0 Å². The summed E-state index contributed by atoms with van der Waals surface area (Å²) in [6.45, 7) is 10.5. The number of amides is 1. The number of carbonyl (C=O) groups is 2. The van der Waals surface area contributed by atoms with E-state index in [1.54, 1.807) is 0 Å². The van der Waals surface area contributed by atoms with Gasteiger partial charge in [-0.1, -0.05) is 13.8 Å². The number of carboxylic acid groups (broad SMARTS) is 1. The predicted molar refractivity (Wildman–Crippen MR) is 103 cm³/mol. The Labute approximate surface area is 160 Å². The van der Waals surface area contributed by atoms with Crippen molar-refractivity contribution in [2.75, 3.05) is 24.5 Å². The average Bonchev–Trinajstić information content (AvgIpc) is 3.43. The fraction of sp³-hybridized carbons (Fsp3) is 0.700. The molecule has 7 heteroatoms. The lowest BCUT2D eigenvalue weighted by molar-refractivity contribution is -0.142. The van der Waals surface area contributed by atoms with Crippen LogP contribution in [0.1, 0.15) is 57.5 Å². The molecule has 2 atom stereocenters. The molecule has 2 fully saturated rings. The SMILES string of the molecule is CCN(C(=O)[C@@H]1C[C@H]1C(=O)O)C1CCN(c2cc(C)nc(C(C)C)n2)CC1. The third-order valence-electron chi connectivity index (χ3n) is 5.65. The summed E-state index contributed by atoms with van der Waals surface area (Å²) in [5.41, 5.74) is 0.977. The zero-order chi connectivity index (χ0) is 19.7. The van der Waals surface area contributed by atoms with Gasteiger partial charge in [0.1, 0.15) is 11.6 Å². The number of carboxylic acids is 1. The van der Waals surface area contributed by atoms with Gasteiger partial charge in [-0.25, -0.2) is 9.97 Å². The van der Waals surface area contributed by atoms with Crippen LogP contribution in [0.3, 0.4) is 0 Å². The van der Waals surface area contributed by atoms with Crippen molar-refractivity contribution in [2.45, 2.75) is 58.9 Å². The molecule has 0 bridgehead atoms. The first-order valence-electron chi connectivity index (χ1n) is 9.95. The number of nitrogens with zero attached hydrogens (tertiary/aromatic N) is 4. The molecular formula is C20H30N4O3. The minimum absolute atomic E-state index is 0.0170. The van der Waals surface area contributed by atoms with Crippen LogP contribution in [-0.2, 0) is 9.59 Å². The Morgan fingerprint density at radius 3 is 2.44 bits per heavy atom. The topological polar surface area (TPSA) is 86.6 Å². The molecule has 27 heavy (non-hydrogen) atoms. The molecule has 0 radical (unpaired) electrons. The number of piperidine rings is 1. The maximum absolute atomic E-state index is 12.7. The molecule has 0 spiro atoms. The summed E-state index contributed by atoms with van der Waals surface area (Å²) in [5.74, 6) is 0.486. The van der Waals surface area contributed by atoms with E-state index >= 15 is 0 Å². The second kappa shape index (κ2) is 7.82. The lowest BCUT2D eigenvalue weighted by Gasteiger charge is -2.39. The summed E-state index contributed by atoms with van der Waals surface area (Å²) in [5, 5.41) is 9.09. The minimum Gasteiger partial charge on any atom is -0.481 e. The summed E-state index contributed by atoms with van der Waals surface area (Å²) >= 11 is 0. The minimum atomic E-state index is -0.848. The Kier molecular flexibility index (Phi) is 5.67. The van der Waals surface area contributed by atoms with Gasteiger partial charge in [-0.05, 0) is 33.1 Å². The summed E-state index contributed by atoms with van der Waals surface area (Å²) in [6, 6.07) is 2.21. The van der Waals surface area contributed by atoms with Crippen molar-refractivity contribution in [1.29, 1.82) is 0 Å². The van der Waals surface area contributed by atoms with Crippen LogP contribution in [0.15, 0.2) is 6.07 Å². The van der Waals surface area contributed by atoms with Crippen molar-refractivity contribution in [3.05, 3.63) is 17.6 Å². The highest BCUT2D eigenvalue weighted by Crippen LogP contribution is 2.41. The molecule has 1 amide bonds. The molecule has 1 saturated carbocycles. The molecule has 2 aliphatic rings. The number of hydrogen-bond donors (Lipinski definition) is 1. The van der Waals surface area contributed by atoms with Crippen molar-refractivity contribution in [3.8, 4) is 0 Å². The predicted octanol–water partition coefficient (Wildman–Crippen LogP) is 2.45. The van der Waals surface area contributed by atoms with Crippen LogP contribution in [0.2, 0.25) is 0 Å². The third kappa shape index (κ3) is 4.22. The first-order valence-corrected chi connectivity index (χ1v) is 9.95. The lowest BCUT2D eigenvalue weighted by Crippen LogP contribution is -2.48. The molecule has 148 valence electrons. The van der Waals surface area contributed by atoms with E-state index in [2.05, 4.69) is 23.7 Å². The molecule has 1 N–H and O–H groups in total. The van der Waals surface area contributed by atoms with Crippen LogP contribution in [0.25, 0.3) is 0 Å². The number of hydrogen-bond acceptors (Lipinski definition) is 5. The highest BCUT2D eigenvalue weighted by Gasteiger charge is 2.50. The first-order chi connectivity index (χ1) is 12.8. The first kappa shape index (κ1) is 19.6.